The third-order valence-electron chi connectivity index (χ3n) is 3.45. The molecule has 0 fully saturated rings. The van der Waals surface area contributed by atoms with Crippen molar-refractivity contribution in [3.63, 3.8) is 0 Å². The molecule has 0 saturated heterocycles. The maximum Gasteiger partial charge on any atom is 0.230 e. The van der Waals surface area contributed by atoms with E-state index in [1.165, 1.54) is 11.3 Å². The van der Waals surface area contributed by atoms with Gasteiger partial charge in [-0.2, -0.15) is 0 Å². The maximum atomic E-state index is 12.2. The van der Waals surface area contributed by atoms with Gasteiger partial charge >= 0.3 is 0 Å². The van der Waals surface area contributed by atoms with Crippen molar-refractivity contribution in [3.05, 3.63) is 48.0 Å². The summed E-state index contributed by atoms with van der Waals surface area (Å²) < 4.78 is 6.49. The molecule has 1 amide bonds. The molecule has 0 spiro atoms. The molecule has 0 aliphatic carbocycles. The summed E-state index contributed by atoms with van der Waals surface area (Å²) in [7, 11) is 0. The van der Waals surface area contributed by atoms with Crippen LogP contribution in [0.5, 0.6) is 5.75 Å². The normalized spacial score (nSPS) is 10.8. The van der Waals surface area contributed by atoms with Gasteiger partial charge in [0, 0.05) is 4.90 Å². The molecular formula is C18H18N2O2S2. The zero-order valence-electron chi connectivity index (χ0n) is 13.5. The van der Waals surface area contributed by atoms with Crippen molar-refractivity contribution < 1.29 is 9.53 Å². The van der Waals surface area contributed by atoms with Crippen molar-refractivity contribution in [2.75, 3.05) is 18.2 Å². The first kappa shape index (κ1) is 16.8. The lowest BCUT2D eigenvalue weighted by Crippen LogP contribution is -2.14. The molecule has 24 heavy (non-hydrogen) atoms. The summed E-state index contributed by atoms with van der Waals surface area (Å²) in [5, 5.41) is 3.54. The number of thioether (sulfide) groups is 1. The van der Waals surface area contributed by atoms with Crippen LogP contribution >= 0.6 is 23.1 Å². The van der Waals surface area contributed by atoms with E-state index in [1.54, 1.807) is 11.8 Å². The molecule has 1 heterocycles. The van der Waals surface area contributed by atoms with Crippen molar-refractivity contribution in [1.29, 1.82) is 0 Å². The molecule has 3 aromatic rings. The van der Waals surface area contributed by atoms with Crippen LogP contribution in [0.3, 0.4) is 0 Å². The predicted molar refractivity (Wildman–Crippen MR) is 101 cm³/mol. The number of carbonyl (C=O) groups is 1. The van der Waals surface area contributed by atoms with E-state index in [4.69, 9.17) is 4.74 Å². The van der Waals surface area contributed by atoms with Crippen LogP contribution < -0.4 is 10.1 Å². The Hall–Kier alpha value is -2.05. The minimum Gasteiger partial charge on any atom is -0.494 e. The highest BCUT2D eigenvalue weighted by Crippen LogP contribution is 2.32. The van der Waals surface area contributed by atoms with Gasteiger partial charge in [-0.3, -0.25) is 4.79 Å². The van der Waals surface area contributed by atoms with Gasteiger partial charge in [0.05, 0.1) is 23.2 Å². The van der Waals surface area contributed by atoms with Gasteiger partial charge in [0.1, 0.15) is 5.75 Å². The van der Waals surface area contributed by atoms with E-state index in [-0.39, 0.29) is 5.91 Å². The number of fused-ring (bicyclic) bond motifs is 1. The Kier molecular flexibility index (Phi) is 5.37. The largest absolute Gasteiger partial charge is 0.494 e. The molecule has 6 heteroatoms. The van der Waals surface area contributed by atoms with Crippen molar-refractivity contribution in [2.45, 2.75) is 18.2 Å². The second-order valence-electron chi connectivity index (χ2n) is 5.13. The number of nitrogens with one attached hydrogen (secondary N) is 1. The predicted octanol–water partition coefficient (Wildman–Crippen LogP) is 4.60. The highest BCUT2D eigenvalue weighted by Gasteiger charge is 2.11. The number of anilines is 1. The van der Waals surface area contributed by atoms with Crippen LogP contribution in [0.15, 0.2) is 47.4 Å². The van der Waals surface area contributed by atoms with Crippen LogP contribution in [0.25, 0.3) is 10.2 Å². The zero-order chi connectivity index (χ0) is 16.9. The molecule has 1 N–H and O–H groups in total. The quantitative estimate of drug-likeness (QED) is 0.654. The van der Waals surface area contributed by atoms with Gasteiger partial charge < -0.3 is 10.1 Å². The van der Waals surface area contributed by atoms with E-state index in [0.717, 1.165) is 26.4 Å². The van der Waals surface area contributed by atoms with E-state index in [1.807, 2.05) is 55.6 Å². The summed E-state index contributed by atoms with van der Waals surface area (Å²) in [6.07, 6.45) is 2.34. The fourth-order valence-corrected chi connectivity index (χ4v) is 3.90. The van der Waals surface area contributed by atoms with Gasteiger partial charge in [-0.25, -0.2) is 4.98 Å². The Bertz CT molecular complexity index is 844. The second-order valence-corrected chi connectivity index (χ2v) is 7.01. The van der Waals surface area contributed by atoms with Gasteiger partial charge in [-0.05, 0) is 43.0 Å². The molecule has 3 rings (SSSR count). The van der Waals surface area contributed by atoms with E-state index in [2.05, 4.69) is 10.3 Å². The van der Waals surface area contributed by atoms with Crippen molar-refractivity contribution in [2.24, 2.45) is 0 Å². The van der Waals surface area contributed by atoms with Gasteiger partial charge in [-0.1, -0.05) is 29.5 Å². The molecular weight excluding hydrogens is 340 g/mol. The molecule has 0 aliphatic rings. The molecule has 0 unspecified atom stereocenters. The number of ether oxygens (including phenoxy) is 1. The summed E-state index contributed by atoms with van der Waals surface area (Å²) in [5.74, 6) is 0.751. The zero-order valence-corrected chi connectivity index (χ0v) is 15.2. The Morgan fingerprint density at radius 2 is 2.04 bits per heavy atom. The highest BCUT2D eigenvalue weighted by atomic mass is 32.2. The first-order chi connectivity index (χ1) is 11.7. The van der Waals surface area contributed by atoms with Gasteiger partial charge in [0.15, 0.2) is 5.13 Å². The van der Waals surface area contributed by atoms with Crippen LogP contribution in [0.4, 0.5) is 5.13 Å². The number of para-hydroxylation sites is 1. The average Bonchev–Trinajstić information content (AvgIpc) is 2.99. The van der Waals surface area contributed by atoms with E-state index >= 15 is 0 Å². The Labute approximate surface area is 149 Å². The third kappa shape index (κ3) is 3.88. The van der Waals surface area contributed by atoms with Crippen molar-refractivity contribution in [1.82, 2.24) is 4.98 Å². The van der Waals surface area contributed by atoms with Gasteiger partial charge in [0.25, 0.3) is 0 Å². The number of carbonyl (C=O) groups excluding carboxylic acids is 1. The van der Waals surface area contributed by atoms with Crippen LogP contribution in [-0.4, -0.2) is 23.8 Å². The Morgan fingerprint density at radius 1 is 1.25 bits per heavy atom. The Morgan fingerprint density at radius 3 is 2.75 bits per heavy atom. The summed E-state index contributed by atoms with van der Waals surface area (Å²) in [4.78, 5) is 17.9. The number of hydrogen-bond donors (Lipinski definition) is 1. The molecule has 4 nitrogen and oxygen atoms in total. The SMILES string of the molecule is CCOc1ccc(CC(=O)Nc2nc3c(SC)cccc3s2)cc1. The number of benzene rings is 2. The van der Waals surface area contributed by atoms with E-state index in [0.29, 0.717) is 18.2 Å². The highest BCUT2D eigenvalue weighted by molar-refractivity contribution is 7.98. The molecule has 0 saturated carbocycles. The topological polar surface area (TPSA) is 51.2 Å². The van der Waals surface area contributed by atoms with Crippen LogP contribution in [0.2, 0.25) is 0 Å². The average molecular weight is 358 g/mol. The lowest BCUT2D eigenvalue weighted by Gasteiger charge is -2.05. The summed E-state index contributed by atoms with van der Waals surface area (Å²) >= 11 is 3.16. The number of thiazole rings is 1. The number of hydrogen-bond acceptors (Lipinski definition) is 5. The molecule has 0 aliphatic heterocycles. The second kappa shape index (κ2) is 7.68. The maximum absolute atomic E-state index is 12.2. The first-order valence-electron chi connectivity index (χ1n) is 7.64. The fraction of sp³-hybridized carbons (Fsp3) is 0.222. The number of amides is 1. The molecule has 124 valence electrons. The van der Waals surface area contributed by atoms with Crippen molar-refractivity contribution in [3.8, 4) is 5.75 Å². The van der Waals surface area contributed by atoms with Gasteiger partial charge in [-0.15, -0.1) is 11.8 Å². The van der Waals surface area contributed by atoms with Crippen LogP contribution in [0.1, 0.15) is 12.5 Å². The molecule has 1 aromatic heterocycles. The summed E-state index contributed by atoms with van der Waals surface area (Å²) in [6, 6.07) is 13.7. The monoisotopic (exact) mass is 358 g/mol. The lowest BCUT2D eigenvalue weighted by atomic mass is 10.1. The fourth-order valence-electron chi connectivity index (χ4n) is 2.36. The van der Waals surface area contributed by atoms with E-state index < -0.39 is 0 Å². The Balaban J connectivity index is 1.68. The molecule has 0 atom stereocenters. The summed E-state index contributed by atoms with van der Waals surface area (Å²) in [6.45, 7) is 2.58. The minimum absolute atomic E-state index is 0.0658. The minimum atomic E-state index is -0.0658. The number of nitrogens with zero attached hydrogens (tertiary/aromatic N) is 1. The van der Waals surface area contributed by atoms with Crippen LogP contribution in [-0.2, 0) is 11.2 Å². The number of rotatable bonds is 6. The smallest absolute Gasteiger partial charge is 0.230 e. The van der Waals surface area contributed by atoms with Crippen molar-refractivity contribution >= 4 is 44.4 Å². The number of aromatic nitrogens is 1. The summed E-state index contributed by atoms with van der Waals surface area (Å²) in [5.41, 5.74) is 1.90. The van der Waals surface area contributed by atoms with Gasteiger partial charge in [0.2, 0.25) is 5.91 Å². The van der Waals surface area contributed by atoms with E-state index in [9.17, 15) is 4.79 Å². The lowest BCUT2D eigenvalue weighted by molar-refractivity contribution is -0.115. The first-order valence-corrected chi connectivity index (χ1v) is 9.69. The molecule has 0 bridgehead atoms. The third-order valence-corrected chi connectivity index (χ3v) is 5.15. The standard InChI is InChI=1S/C18H18N2O2S2/c1-3-22-13-9-7-12(8-10-13)11-16(21)19-18-20-17-14(23-2)5-4-6-15(17)24-18/h4-10H,3,11H2,1-2H3,(H,19,20,21). The molecule has 0 radical (unpaired) electrons. The van der Waals surface area contributed by atoms with Crippen LogP contribution in [0, 0.1) is 0 Å². The molecule has 2 aromatic carbocycles.